The fraction of sp³-hybridized carbons (Fsp3) is 0.238. The Bertz CT molecular complexity index is 1230. The summed E-state index contributed by atoms with van der Waals surface area (Å²) in [7, 11) is 0. The van der Waals surface area contributed by atoms with Crippen LogP contribution < -0.4 is 11.2 Å². The molecule has 0 N–H and O–H groups in total. The van der Waals surface area contributed by atoms with E-state index < -0.39 is 17.2 Å². The van der Waals surface area contributed by atoms with Crippen LogP contribution >= 0.6 is 23.2 Å². The van der Waals surface area contributed by atoms with Gasteiger partial charge in [0.25, 0.3) is 11.5 Å². The lowest BCUT2D eigenvalue weighted by Crippen LogP contribution is -2.48. The number of nitrogens with zero attached hydrogens (tertiary/aromatic N) is 4. The summed E-state index contributed by atoms with van der Waals surface area (Å²) in [5.41, 5.74) is -0.744. The zero-order chi connectivity index (χ0) is 22.0. The van der Waals surface area contributed by atoms with Crippen molar-refractivity contribution in [1.82, 2.24) is 19.2 Å². The smallest absolute Gasteiger partial charge is 0.352 e. The molecule has 0 spiro atoms. The highest BCUT2D eigenvalue weighted by molar-refractivity contribution is 6.30. The molecule has 0 radical (unpaired) electrons. The predicted octanol–water partition coefficient (Wildman–Crippen LogP) is 2.22. The summed E-state index contributed by atoms with van der Waals surface area (Å²) in [5, 5.41) is 5.09. The number of aromatic nitrogens is 3. The lowest BCUT2D eigenvalue weighted by Gasteiger charge is -2.26. The number of morpholine rings is 1. The van der Waals surface area contributed by atoms with Crippen LogP contribution in [-0.4, -0.2) is 51.5 Å². The third-order valence-electron chi connectivity index (χ3n) is 4.86. The van der Waals surface area contributed by atoms with E-state index in [0.717, 1.165) is 9.25 Å². The molecule has 1 fully saturated rings. The second-order valence-electron chi connectivity index (χ2n) is 6.95. The van der Waals surface area contributed by atoms with E-state index in [0.29, 0.717) is 47.6 Å². The van der Waals surface area contributed by atoms with Gasteiger partial charge in [0, 0.05) is 23.1 Å². The van der Waals surface area contributed by atoms with Crippen molar-refractivity contribution in [2.45, 2.75) is 6.54 Å². The Morgan fingerprint density at radius 1 is 1.00 bits per heavy atom. The molecule has 0 atom stereocenters. The Hall–Kier alpha value is -2.94. The Labute approximate surface area is 187 Å². The van der Waals surface area contributed by atoms with Gasteiger partial charge in [-0.25, -0.2) is 4.79 Å². The van der Waals surface area contributed by atoms with Crippen molar-refractivity contribution in [2.75, 3.05) is 26.3 Å². The molecule has 2 heterocycles. The fourth-order valence-electron chi connectivity index (χ4n) is 3.27. The molecule has 1 saturated heterocycles. The number of ether oxygens (including phenoxy) is 1. The van der Waals surface area contributed by atoms with Crippen molar-refractivity contribution in [1.29, 1.82) is 0 Å². The highest BCUT2D eigenvalue weighted by Crippen LogP contribution is 2.13. The van der Waals surface area contributed by atoms with Gasteiger partial charge in [-0.3, -0.25) is 14.2 Å². The third kappa shape index (κ3) is 4.56. The number of benzene rings is 2. The summed E-state index contributed by atoms with van der Waals surface area (Å²) in [6, 6.07) is 13.2. The largest absolute Gasteiger partial charge is 0.378 e. The SMILES string of the molecule is O=C(c1nn(-c2ccc(Cl)cc2)c(=O)n(Cc2cccc(Cl)c2)c1=O)N1CCOCC1. The van der Waals surface area contributed by atoms with Gasteiger partial charge in [-0.15, -0.1) is 0 Å². The maximum Gasteiger partial charge on any atom is 0.352 e. The average Bonchev–Trinajstić information content (AvgIpc) is 2.78. The zero-order valence-electron chi connectivity index (χ0n) is 16.3. The first-order chi connectivity index (χ1) is 14.9. The van der Waals surface area contributed by atoms with Crippen LogP contribution in [0.1, 0.15) is 16.1 Å². The van der Waals surface area contributed by atoms with E-state index in [1.807, 2.05) is 0 Å². The average molecular weight is 461 g/mol. The van der Waals surface area contributed by atoms with E-state index in [9.17, 15) is 14.4 Å². The van der Waals surface area contributed by atoms with Crippen LogP contribution in [0.25, 0.3) is 5.69 Å². The number of rotatable bonds is 4. The van der Waals surface area contributed by atoms with E-state index in [4.69, 9.17) is 27.9 Å². The standard InChI is InChI=1S/C21H18Cl2N4O4/c22-15-4-6-17(7-5-15)27-21(30)26(13-14-2-1-3-16(23)12-14)20(29)18(24-27)19(28)25-8-10-31-11-9-25/h1-7,12H,8-11,13H2. The molecule has 1 aromatic heterocycles. The highest BCUT2D eigenvalue weighted by atomic mass is 35.5. The summed E-state index contributed by atoms with van der Waals surface area (Å²) in [6.45, 7) is 1.37. The molecule has 160 valence electrons. The van der Waals surface area contributed by atoms with Gasteiger partial charge in [-0.05, 0) is 42.0 Å². The van der Waals surface area contributed by atoms with Gasteiger partial charge in [-0.2, -0.15) is 9.78 Å². The van der Waals surface area contributed by atoms with Crippen LogP contribution in [-0.2, 0) is 11.3 Å². The Morgan fingerprint density at radius 2 is 1.71 bits per heavy atom. The number of hydrogen-bond donors (Lipinski definition) is 0. The summed E-state index contributed by atoms with van der Waals surface area (Å²) >= 11 is 12.0. The second-order valence-corrected chi connectivity index (χ2v) is 7.82. The topological polar surface area (TPSA) is 86.4 Å². The molecule has 3 aromatic rings. The molecule has 0 saturated carbocycles. The summed E-state index contributed by atoms with van der Waals surface area (Å²) in [6.07, 6.45) is 0. The van der Waals surface area contributed by atoms with Crippen LogP contribution in [0.5, 0.6) is 0 Å². The summed E-state index contributed by atoms with van der Waals surface area (Å²) in [4.78, 5) is 40.9. The van der Waals surface area contributed by atoms with Crippen molar-refractivity contribution in [3.63, 3.8) is 0 Å². The first-order valence-corrected chi connectivity index (χ1v) is 10.3. The first-order valence-electron chi connectivity index (χ1n) is 9.55. The van der Waals surface area contributed by atoms with E-state index >= 15 is 0 Å². The van der Waals surface area contributed by atoms with E-state index in [1.165, 1.54) is 4.90 Å². The maximum absolute atomic E-state index is 13.2. The van der Waals surface area contributed by atoms with Gasteiger partial charge in [-0.1, -0.05) is 35.3 Å². The van der Waals surface area contributed by atoms with Gasteiger partial charge >= 0.3 is 5.69 Å². The molecule has 0 unspecified atom stereocenters. The zero-order valence-corrected chi connectivity index (χ0v) is 17.8. The van der Waals surface area contributed by atoms with Gasteiger partial charge in [0.2, 0.25) is 5.69 Å². The third-order valence-corrected chi connectivity index (χ3v) is 5.35. The van der Waals surface area contributed by atoms with Crippen LogP contribution in [0.2, 0.25) is 10.0 Å². The van der Waals surface area contributed by atoms with Crippen LogP contribution in [0.3, 0.4) is 0 Å². The van der Waals surface area contributed by atoms with Crippen molar-refractivity contribution < 1.29 is 9.53 Å². The maximum atomic E-state index is 13.2. The lowest BCUT2D eigenvalue weighted by molar-refractivity contribution is 0.0295. The molecule has 1 aliphatic heterocycles. The molecular weight excluding hydrogens is 443 g/mol. The molecule has 10 heteroatoms. The monoisotopic (exact) mass is 460 g/mol. The van der Waals surface area contributed by atoms with Gasteiger partial charge in [0.1, 0.15) is 0 Å². The highest BCUT2D eigenvalue weighted by Gasteiger charge is 2.26. The molecule has 0 bridgehead atoms. The number of halogens is 2. The Kier molecular flexibility index (Phi) is 6.22. The van der Waals surface area contributed by atoms with Crippen LogP contribution in [0.4, 0.5) is 0 Å². The van der Waals surface area contributed by atoms with Gasteiger partial charge in [0.05, 0.1) is 25.4 Å². The van der Waals surface area contributed by atoms with Crippen molar-refractivity contribution in [3.8, 4) is 5.69 Å². The van der Waals surface area contributed by atoms with E-state index in [1.54, 1.807) is 48.5 Å². The van der Waals surface area contributed by atoms with Crippen LogP contribution in [0.15, 0.2) is 58.1 Å². The number of carbonyl (C=O) groups is 1. The van der Waals surface area contributed by atoms with Crippen molar-refractivity contribution >= 4 is 29.1 Å². The molecule has 0 aliphatic carbocycles. The first kappa shape index (κ1) is 21.3. The molecule has 4 rings (SSSR count). The quantitative estimate of drug-likeness (QED) is 0.595. The minimum Gasteiger partial charge on any atom is -0.378 e. The number of amides is 1. The molecule has 1 amide bonds. The molecule has 8 nitrogen and oxygen atoms in total. The second kappa shape index (κ2) is 9.05. The minimum absolute atomic E-state index is 0.0578. The molecular formula is C21H18Cl2N4O4. The predicted molar refractivity (Wildman–Crippen MR) is 116 cm³/mol. The normalized spacial score (nSPS) is 13.9. The van der Waals surface area contributed by atoms with Crippen molar-refractivity contribution in [3.05, 3.63) is 90.7 Å². The molecule has 1 aliphatic rings. The summed E-state index contributed by atoms with van der Waals surface area (Å²) in [5.74, 6) is -0.546. The van der Waals surface area contributed by atoms with Crippen LogP contribution in [0, 0.1) is 0 Å². The Morgan fingerprint density at radius 3 is 2.39 bits per heavy atom. The number of carbonyl (C=O) groups excluding carboxylic acids is 1. The molecule has 2 aromatic carbocycles. The summed E-state index contributed by atoms with van der Waals surface area (Å²) < 4.78 is 7.30. The van der Waals surface area contributed by atoms with Gasteiger partial charge < -0.3 is 9.64 Å². The van der Waals surface area contributed by atoms with E-state index in [2.05, 4.69) is 5.10 Å². The number of hydrogen-bond acceptors (Lipinski definition) is 5. The minimum atomic E-state index is -0.758. The van der Waals surface area contributed by atoms with E-state index in [-0.39, 0.29) is 12.2 Å². The fourth-order valence-corrected chi connectivity index (χ4v) is 3.61. The van der Waals surface area contributed by atoms with Gasteiger partial charge in [0.15, 0.2) is 0 Å². The Balaban J connectivity index is 1.87. The lowest BCUT2D eigenvalue weighted by atomic mass is 10.2. The molecule has 31 heavy (non-hydrogen) atoms. The van der Waals surface area contributed by atoms with Crippen molar-refractivity contribution in [2.24, 2.45) is 0 Å².